The Bertz CT molecular complexity index is 457. The van der Waals surface area contributed by atoms with Crippen molar-refractivity contribution in [1.29, 1.82) is 0 Å². The summed E-state index contributed by atoms with van der Waals surface area (Å²) >= 11 is 7.31. The van der Waals surface area contributed by atoms with Crippen LogP contribution in [0.1, 0.15) is 11.0 Å². The van der Waals surface area contributed by atoms with Gasteiger partial charge in [-0.25, -0.2) is 4.98 Å². The lowest BCUT2D eigenvalue weighted by atomic mass is 10.3. The Morgan fingerprint density at radius 3 is 3.07 bits per heavy atom. The van der Waals surface area contributed by atoms with E-state index in [0.717, 1.165) is 15.2 Å². The third-order valence-corrected chi connectivity index (χ3v) is 3.28. The number of nitrogens with two attached hydrogens (primary N) is 1. The average molecular weight is 229 g/mol. The van der Waals surface area contributed by atoms with Gasteiger partial charge in [0.25, 0.3) is 0 Å². The van der Waals surface area contributed by atoms with Crippen LogP contribution in [0.15, 0.2) is 18.2 Å². The third-order valence-electron chi connectivity index (χ3n) is 1.88. The van der Waals surface area contributed by atoms with Crippen LogP contribution in [0.25, 0.3) is 10.2 Å². The molecule has 0 radical (unpaired) electrons. The van der Waals surface area contributed by atoms with Crippen LogP contribution in [0, 0.1) is 0 Å². The molecule has 74 valence electrons. The minimum absolute atomic E-state index is 0.0897. The number of fused-ring (bicyclic) bond motifs is 1. The summed E-state index contributed by atoms with van der Waals surface area (Å²) in [7, 11) is 0. The Morgan fingerprint density at radius 2 is 2.36 bits per heavy atom. The highest BCUT2D eigenvalue weighted by atomic mass is 35.5. The number of aromatic nitrogens is 1. The summed E-state index contributed by atoms with van der Waals surface area (Å²) in [6.07, 6.45) is 0. The smallest absolute Gasteiger partial charge is 0.113 e. The number of aliphatic hydroxyl groups is 1. The van der Waals surface area contributed by atoms with E-state index in [9.17, 15) is 0 Å². The number of hydrogen-bond acceptors (Lipinski definition) is 4. The molecule has 1 atom stereocenters. The van der Waals surface area contributed by atoms with E-state index in [1.54, 1.807) is 6.07 Å². The van der Waals surface area contributed by atoms with E-state index in [1.165, 1.54) is 11.3 Å². The van der Waals surface area contributed by atoms with Crippen molar-refractivity contribution < 1.29 is 5.11 Å². The molecule has 1 heterocycles. The van der Waals surface area contributed by atoms with Crippen LogP contribution >= 0.6 is 22.9 Å². The van der Waals surface area contributed by atoms with Crippen molar-refractivity contribution in [3.05, 3.63) is 28.2 Å². The molecule has 0 aliphatic heterocycles. The number of nitrogens with zero attached hydrogens (tertiary/aromatic N) is 1. The van der Waals surface area contributed by atoms with E-state index in [2.05, 4.69) is 4.98 Å². The van der Waals surface area contributed by atoms with Gasteiger partial charge >= 0.3 is 0 Å². The van der Waals surface area contributed by atoms with Gasteiger partial charge in [0.05, 0.1) is 22.9 Å². The fourth-order valence-electron chi connectivity index (χ4n) is 1.16. The van der Waals surface area contributed by atoms with Crippen molar-refractivity contribution >= 4 is 33.2 Å². The zero-order valence-corrected chi connectivity index (χ0v) is 8.85. The van der Waals surface area contributed by atoms with E-state index >= 15 is 0 Å². The third kappa shape index (κ3) is 1.74. The summed E-state index contributed by atoms with van der Waals surface area (Å²) < 4.78 is 1.04. The van der Waals surface area contributed by atoms with Gasteiger partial charge < -0.3 is 10.8 Å². The van der Waals surface area contributed by atoms with E-state index in [1.807, 2.05) is 12.1 Å². The van der Waals surface area contributed by atoms with Crippen molar-refractivity contribution in [1.82, 2.24) is 4.98 Å². The lowest BCUT2D eigenvalue weighted by Gasteiger charge is -2.00. The van der Waals surface area contributed by atoms with E-state index in [4.69, 9.17) is 22.4 Å². The second-order valence-corrected chi connectivity index (χ2v) is 4.45. The van der Waals surface area contributed by atoms with Crippen LogP contribution in [0.5, 0.6) is 0 Å². The molecule has 2 rings (SSSR count). The first kappa shape index (κ1) is 9.86. The molecule has 0 aliphatic carbocycles. The SMILES string of the molecule is NC(CO)c1nc2cc(Cl)ccc2s1. The molecule has 5 heteroatoms. The van der Waals surface area contributed by atoms with Gasteiger partial charge in [0.2, 0.25) is 0 Å². The first-order valence-corrected chi connectivity index (χ1v) is 5.32. The van der Waals surface area contributed by atoms with E-state index in [-0.39, 0.29) is 6.61 Å². The summed E-state index contributed by atoms with van der Waals surface area (Å²) in [6.45, 7) is -0.0897. The Labute approximate surface area is 90.1 Å². The van der Waals surface area contributed by atoms with Crippen molar-refractivity contribution in [3.8, 4) is 0 Å². The maximum absolute atomic E-state index is 8.88. The first-order valence-electron chi connectivity index (χ1n) is 4.13. The number of halogens is 1. The standard InChI is InChI=1S/C9H9ClN2OS/c10-5-1-2-8-7(3-5)12-9(14-8)6(11)4-13/h1-3,6,13H,4,11H2. The van der Waals surface area contributed by atoms with Gasteiger partial charge in [-0.2, -0.15) is 0 Å². The Balaban J connectivity index is 2.51. The van der Waals surface area contributed by atoms with Gasteiger partial charge in [0.1, 0.15) is 5.01 Å². The summed E-state index contributed by atoms with van der Waals surface area (Å²) in [5.41, 5.74) is 6.50. The molecular formula is C9H9ClN2OS. The summed E-state index contributed by atoms with van der Waals surface area (Å²) in [5, 5.41) is 10.3. The van der Waals surface area contributed by atoms with Crippen LogP contribution in [-0.2, 0) is 0 Å². The number of benzene rings is 1. The molecule has 1 aromatic carbocycles. The van der Waals surface area contributed by atoms with Gasteiger partial charge in [-0.3, -0.25) is 0 Å². The number of thiazole rings is 1. The van der Waals surface area contributed by atoms with Gasteiger partial charge in [-0.15, -0.1) is 11.3 Å². The second kappa shape index (κ2) is 3.82. The minimum Gasteiger partial charge on any atom is -0.394 e. The molecule has 3 N–H and O–H groups in total. The van der Waals surface area contributed by atoms with Crippen LogP contribution in [0.3, 0.4) is 0 Å². The number of hydrogen-bond donors (Lipinski definition) is 2. The Kier molecular flexibility index (Phi) is 2.69. The fourth-order valence-corrected chi connectivity index (χ4v) is 2.26. The maximum Gasteiger partial charge on any atom is 0.113 e. The summed E-state index contributed by atoms with van der Waals surface area (Å²) in [6, 6.07) is 5.12. The van der Waals surface area contributed by atoms with Gasteiger partial charge in [-0.05, 0) is 18.2 Å². The highest BCUT2D eigenvalue weighted by Crippen LogP contribution is 2.27. The average Bonchev–Trinajstić information content (AvgIpc) is 2.59. The number of rotatable bonds is 2. The zero-order valence-electron chi connectivity index (χ0n) is 7.27. The Hall–Kier alpha value is -0.680. The molecule has 14 heavy (non-hydrogen) atoms. The molecule has 0 amide bonds. The van der Waals surface area contributed by atoms with Crippen LogP contribution in [-0.4, -0.2) is 16.7 Å². The normalized spacial score (nSPS) is 13.4. The predicted molar refractivity (Wildman–Crippen MR) is 58.6 cm³/mol. The maximum atomic E-state index is 8.88. The largest absolute Gasteiger partial charge is 0.394 e. The Morgan fingerprint density at radius 1 is 1.57 bits per heavy atom. The van der Waals surface area contributed by atoms with Crippen molar-refractivity contribution in [2.24, 2.45) is 5.73 Å². The quantitative estimate of drug-likeness (QED) is 0.826. The van der Waals surface area contributed by atoms with Crippen molar-refractivity contribution in [2.75, 3.05) is 6.61 Å². The van der Waals surface area contributed by atoms with Crippen molar-refractivity contribution in [2.45, 2.75) is 6.04 Å². The predicted octanol–water partition coefficient (Wildman–Crippen LogP) is 1.94. The molecule has 0 bridgehead atoms. The molecule has 0 aliphatic rings. The van der Waals surface area contributed by atoms with E-state index < -0.39 is 6.04 Å². The lowest BCUT2D eigenvalue weighted by Crippen LogP contribution is -2.13. The first-order chi connectivity index (χ1) is 6.70. The highest BCUT2D eigenvalue weighted by molar-refractivity contribution is 7.18. The molecule has 2 aromatic rings. The monoisotopic (exact) mass is 228 g/mol. The minimum atomic E-state index is -0.397. The van der Waals surface area contributed by atoms with Crippen LogP contribution in [0.4, 0.5) is 0 Å². The van der Waals surface area contributed by atoms with Crippen LogP contribution in [0.2, 0.25) is 5.02 Å². The van der Waals surface area contributed by atoms with Gasteiger partial charge in [0, 0.05) is 5.02 Å². The molecule has 1 unspecified atom stereocenters. The molecule has 0 spiro atoms. The van der Waals surface area contributed by atoms with E-state index in [0.29, 0.717) is 5.02 Å². The lowest BCUT2D eigenvalue weighted by molar-refractivity contribution is 0.268. The van der Waals surface area contributed by atoms with Crippen molar-refractivity contribution in [3.63, 3.8) is 0 Å². The molecular weight excluding hydrogens is 220 g/mol. The molecule has 0 saturated heterocycles. The number of aliphatic hydroxyl groups excluding tert-OH is 1. The van der Waals surface area contributed by atoms with Gasteiger partial charge in [0.15, 0.2) is 0 Å². The molecule has 0 fully saturated rings. The molecule has 0 saturated carbocycles. The zero-order chi connectivity index (χ0) is 10.1. The molecule has 3 nitrogen and oxygen atoms in total. The molecule has 1 aromatic heterocycles. The topological polar surface area (TPSA) is 59.1 Å². The van der Waals surface area contributed by atoms with Gasteiger partial charge in [-0.1, -0.05) is 11.6 Å². The summed E-state index contributed by atoms with van der Waals surface area (Å²) in [5.74, 6) is 0. The second-order valence-electron chi connectivity index (χ2n) is 2.95. The van der Waals surface area contributed by atoms with Crippen LogP contribution < -0.4 is 5.73 Å². The summed E-state index contributed by atoms with van der Waals surface area (Å²) in [4.78, 5) is 4.29. The highest BCUT2D eigenvalue weighted by Gasteiger charge is 2.10. The fraction of sp³-hybridized carbons (Fsp3) is 0.222.